The monoisotopic (exact) mass is 210 g/mol. The lowest BCUT2D eigenvalue weighted by Gasteiger charge is -2.11. The number of hydrogen-bond acceptors (Lipinski definition) is 5. The van der Waals surface area contributed by atoms with Crippen molar-refractivity contribution < 1.29 is 9.53 Å². The van der Waals surface area contributed by atoms with Crippen molar-refractivity contribution in [1.82, 2.24) is 9.97 Å². The zero-order chi connectivity index (χ0) is 11.4. The van der Waals surface area contributed by atoms with E-state index in [1.54, 1.807) is 19.9 Å². The summed E-state index contributed by atoms with van der Waals surface area (Å²) in [6.45, 7) is 3.40. The molecule has 6 heteroatoms. The number of ether oxygens (including phenoxy) is 1. The molecule has 6 nitrogen and oxygen atoms in total. The normalized spacial score (nSPS) is 11.9. The predicted octanol–water partition coefficient (Wildman–Crippen LogP) is 0.0793. The number of aryl methyl sites for hydroxylation is 1. The van der Waals surface area contributed by atoms with Crippen LogP contribution in [0.1, 0.15) is 12.7 Å². The van der Waals surface area contributed by atoms with E-state index in [0.717, 1.165) is 0 Å². The maximum absolute atomic E-state index is 10.8. The van der Waals surface area contributed by atoms with Gasteiger partial charge in [0.1, 0.15) is 17.7 Å². The first-order valence-corrected chi connectivity index (χ1v) is 4.48. The highest BCUT2D eigenvalue weighted by atomic mass is 16.5. The van der Waals surface area contributed by atoms with E-state index in [9.17, 15) is 4.79 Å². The van der Waals surface area contributed by atoms with Crippen molar-refractivity contribution in [2.75, 3.05) is 12.4 Å². The lowest BCUT2D eigenvalue weighted by Crippen LogP contribution is -2.32. The smallest absolute Gasteiger partial charge is 0.239 e. The first-order chi connectivity index (χ1) is 7.02. The van der Waals surface area contributed by atoms with E-state index in [2.05, 4.69) is 15.3 Å². The van der Waals surface area contributed by atoms with Crippen LogP contribution in [0.5, 0.6) is 5.88 Å². The second kappa shape index (κ2) is 4.59. The van der Waals surface area contributed by atoms with Gasteiger partial charge in [0, 0.05) is 6.07 Å². The van der Waals surface area contributed by atoms with Crippen molar-refractivity contribution in [3.8, 4) is 5.88 Å². The average Bonchev–Trinajstić information content (AvgIpc) is 2.16. The van der Waals surface area contributed by atoms with E-state index in [1.807, 2.05) is 0 Å². The van der Waals surface area contributed by atoms with E-state index in [4.69, 9.17) is 10.5 Å². The molecule has 0 saturated carbocycles. The Bertz CT molecular complexity index is 367. The summed E-state index contributed by atoms with van der Waals surface area (Å²) in [6.07, 6.45) is 0. The summed E-state index contributed by atoms with van der Waals surface area (Å²) < 4.78 is 4.97. The zero-order valence-electron chi connectivity index (χ0n) is 8.94. The van der Waals surface area contributed by atoms with Gasteiger partial charge in [0.2, 0.25) is 11.8 Å². The van der Waals surface area contributed by atoms with Gasteiger partial charge in [0.15, 0.2) is 0 Å². The third-order valence-corrected chi connectivity index (χ3v) is 1.81. The van der Waals surface area contributed by atoms with Crippen LogP contribution in [0.4, 0.5) is 5.82 Å². The number of hydrogen-bond donors (Lipinski definition) is 2. The van der Waals surface area contributed by atoms with Crippen LogP contribution in [0.25, 0.3) is 0 Å². The number of nitrogens with two attached hydrogens (primary N) is 1. The number of nitrogens with zero attached hydrogens (tertiary/aromatic N) is 2. The Labute approximate surface area is 87.9 Å². The number of carbonyl (C=O) groups excluding carboxylic acids is 1. The van der Waals surface area contributed by atoms with Gasteiger partial charge in [-0.25, -0.2) is 4.98 Å². The molecule has 1 aromatic rings. The maximum Gasteiger partial charge on any atom is 0.239 e. The fourth-order valence-electron chi connectivity index (χ4n) is 1.01. The predicted molar refractivity (Wildman–Crippen MR) is 55.6 cm³/mol. The molecule has 1 rings (SSSR count). The molecule has 0 radical (unpaired) electrons. The molecule has 0 saturated heterocycles. The Balaban J connectivity index is 2.85. The second-order valence-corrected chi connectivity index (χ2v) is 3.11. The maximum atomic E-state index is 10.8. The van der Waals surface area contributed by atoms with E-state index in [0.29, 0.717) is 17.5 Å². The molecule has 0 aliphatic rings. The van der Waals surface area contributed by atoms with Crippen molar-refractivity contribution in [2.45, 2.75) is 19.9 Å². The number of amides is 1. The largest absolute Gasteiger partial charge is 0.481 e. The van der Waals surface area contributed by atoms with Crippen LogP contribution < -0.4 is 15.8 Å². The Morgan fingerprint density at radius 1 is 1.60 bits per heavy atom. The second-order valence-electron chi connectivity index (χ2n) is 3.11. The molecule has 0 spiro atoms. The summed E-state index contributed by atoms with van der Waals surface area (Å²) in [5.41, 5.74) is 5.12. The van der Waals surface area contributed by atoms with E-state index in [-0.39, 0.29) is 0 Å². The minimum atomic E-state index is -0.482. The fourth-order valence-corrected chi connectivity index (χ4v) is 1.01. The number of aromatic nitrogens is 2. The lowest BCUT2D eigenvalue weighted by molar-refractivity contribution is -0.118. The van der Waals surface area contributed by atoms with Gasteiger partial charge < -0.3 is 15.8 Å². The Morgan fingerprint density at radius 2 is 2.27 bits per heavy atom. The molecule has 15 heavy (non-hydrogen) atoms. The molecule has 0 aliphatic carbocycles. The van der Waals surface area contributed by atoms with Crippen LogP contribution in [0, 0.1) is 6.92 Å². The molecular weight excluding hydrogens is 196 g/mol. The van der Waals surface area contributed by atoms with Crippen LogP contribution in [0.3, 0.4) is 0 Å². The van der Waals surface area contributed by atoms with E-state index in [1.165, 1.54) is 7.11 Å². The first kappa shape index (κ1) is 11.2. The number of methoxy groups -OCH3 is 1. The Morgan fingerprint density at radius 3 is 2.80 bits per heavy atom. The fraction of sp³-hybridized carbons (Fsp3) is 0.444. The molecule has 0 bridgehead atoms. The Kier molecular flexibility index (Phi) is 3.43. The van der Waals surface area contributed by atoms with Gasteiger partial charge in [0.25, 0.3) is 0 Å². The average molecular weight is 210 g/mol. The standard InChI is InChI=1S/C9H14N4O2/c1-5(9(10)14)11-7-4-8(15-3)13-6(2)12-7/h4-5H,1-3H3,(H2,10,14)(H,11,12,13). The third-order valence-electron chi connectivity index (χ3n) is 1.81. The molecule has 1 heterocycles. The molecule has 3 N–H and O–H groups in total. The van der Waals surface area contributed by atoms with Gasteiger partial charge in [-0.1, -0.05) is 0 Å². The van der Waals surface area contributed by atoms with E-state index < -0.39 is 11.9 Å². The summed E-state index contributed by atoms with van der Waals surface area (Å²) in [6, 6.07) is 1.12. The van der Waals surface area contributed by atoms with Gasteiger partial charge in [-0.3, -0.25) is 4.79 Å². The van der Waals surface area contributed by atoms with Crippen LogP contribution in [0.15, 0.2) is 6.07 Å². The molecule has 0 aromatic carbocycles. The van der Waals surface area contributed by atoms with Gasteiger partial charge in [-0.2, -0.15) is 4.98 Å². The quantitative estimate of drug-likeness (QED) is 0.734. The van der Waals surface area contributed by atoms with Gasteiger partial charge >= 0.3 is 0 Å². The summed E-state index contributed by atoms with van der Waals surface area (Å²) in [7, 11) is 1.52. The van der Waals surface area contributed by atoms with Crippen LogP contribution in [0.2, 0.25) is 0 Å². The highest BCUT2D eigenvalue weighted by Gasteiger charge is 2.10. The lowest BCUT2D eigenvalue weighted by atomic mass is 10.3. The number of carbonyl (C=O) groups is 1. The molecule has 0 fully saturated rings. The molecule has 82 valence electrons. The van der Waals surface area contributed by atoms with E-state index >= 15 is 0 Å². The number of anilines is 1. The third kappa shape index (κ3) is 3.08. The first-order valence-electron chi connectivity index (χ1n) is 4.48. The minimum Gasteiger partial charge on any atom is -0.481 e. The number of primary amides is 1. The SMILES string of the molecule is COc1cc(NC(C)C(N)=O)nc(C)n1. The summed E-state index contributed by atoms with van der Waals surface area (Å²) in [5.74, 6) is 1.09. The number of rotatable bonds is 4. The van der Waals surface area contributed by atoms with Crippen molar-refractivity contribution >= 4 is 11.7 Å². The van der Waals surface area contributed by atoms with Gasteiger partial charge in [-0.05, 0) is 13.8 Å². The molecule has 1 aromatic heterocycles. The summed E-state index contributed by atoms with van der Waals surface area (Å²) in [4.78, 5) is 18.9. The highest BCUT2D eigenvalue weighted by molar-refractivity contribution is 5.82. The molecule has 1 unspecified atom stereocenters. The van der Waals surface area contributed by atoms with Crippen LogP contribution in [-0.4, -0.2) is 29.0 Å². The Hall–Kier alpha value is -1.85. The molecular formula is C9H14N4O2. The van der Waals surface area contributed by atoms with Gasteiger partial charge in [-0.15, -0.1) is 0 Å². The van der Waals surface area contributed by atoms with Crippen LogP contribution in [-0.2, 0) is 4.79 Å². The highest BCUT2D eigenvalue weighted by Crippen LogP contribution is 2.13. The zero-order valence-corrected chi connectivity index (χ0v) is 8.94. The topological polar surface area (TPSA) is 90.1 Å². The molecule has 0 aliphatic heterocycles. The summed E-state index contributed by atoms with van der Waals surface area (Å²) >= 11 is 0. The van der Waals surface area contributed by atoms with Crippen molar-refractivity contribution in [3.05, 3.63) is 11.9 Å². The van der Waals surface area contributed by atoms with Crippen molar-refractivity contribution in [3.63, 3.8) is 0 Å². The van der Waals surface area contributed by atoms with Crippen molar-refractivity contribution in [2.24, 2.45) is 5.73 Å². The number of nitrogens with one attached hydrogen (secondary N) is 1. The minimum absolute atomic E-state index is 0.440. The molecule has 1 amide bonds. The summed E-state index contributed by atoms with van der Waals surface area (Å²) in [5, 5.41) is 2.85. The van der Waals surface area contributed by atoms with Gasteiger partial charge in [0.05, 0.1) is 7.11 Å². The van der Waals surface area contributed by atoms with Crippen molar-refractivity contribution in [1.29, 1.82) is 0 Å². The van der Waals surface area contributed by atoms with Crippen LogP contribution >= 0.6 is 0 Å². The molecule has 1 atom stereocenters.